The quantitative estimate of drug-likeness (QED) is 0.600. The summed E-state index contributed by atoms with van der Waals surface area (Å²) >= 11 is 9.14. The molecule has 0 heterocycles. The number of anilines is 1. The van der Waals surface area contributed by atoms with Crippen LogP contribution >= 0.6 is 27.5 Å². The van der Waals surface area contributed by atoms with E-state index in [0.29, 0.717) is 20.7 Å². The van der Waals surface area contributed by atoms with Gasteiger partial charge in [0.25, 0.3) is 5.91 Å². The molecule has 0 unspecified atom stereocenters. The van der Waals surface area contributed by atoms with Crippen molar-refractivity contribution in [3.05, 3.63) is 57.5 Å². The van der Waals surface area contributed by atoms with Crippen LogP contribution in [0, 0.1) is 6.92 Å². The van der Waals surface area contributed by atoms with E-state index in [9.17, 15) is 18.0 Å². The fourth-order valence-electron chi connectivity index (χ4n) is 2.00. The molecule has 7 nitrogen and oxygen atoms in total. The molecule has 2 rings (SSSR count). The van der Waals surface area contributed by atoms with Crippen LogP contribution in [0.25, 0.3) is 0 Å². The Morgan fingerprint density at radius 3 is 2.59 bits per heavy atom. The molecule has 0 radical (unpaired) electrons. The highest BCUT2D eigenvalue weighted by atomic mass is 79.9. The molecule has 2 aromatic carbocycles. The van der Waals surface area contributed by atoms with E-state index in [1.165, 1.54) is 12.1 Å². The van der Waals surface area contributed by atoms with Crippen molar-refractivity contribution in [2.45, 2.75) is 11.8 Å². The molecular weight excluding hydrogens is 460 g/mol. The SMILES string of the molecule is Cc1c(Cl)cccc1NC(=O)COC(=O)CNS(=O)(=O)c1cccc(Br)c1. The van der Waals surface area contributed by atoms with Crippen molar-refractivity contribution in [1.82, 2.24) is 4.72 Å². The Morgan fingerprint density at radius 1 is 1.19 bits per heavy atom. The molecule has 144 valence electrons. The lowest BCUT2D eigenvalue weighted by molar-refractivity contribution is -0.146. The predicted molar refractivity (Wildman–Crippen MR) is 105 cm³/mol. The first-order valence-corrected chi connectivity index (χ1v) is 10.3. The number of hydrogen-bond donors (Lipinski definition) is 2. The Kier molecular flexibility index (Phi) is 7.37. The Hall–Kier alpha value is -1.94. The summed E-state index contributed by atoms with van der Waals surface area (Å²) in [6, 6.07) is 11.0. The molecule has 0 aliphatic rings. The van der Waals surface area contributed by atoms with E-state index in [0.717, 1.165) is 0 Å². The van der Waals surface area contributed by atoms with Crippen LogP contribution in [0.4, 0.5) is 5.69 Å². The largest absolute Gasteiger partial charge is 0.455 e. The van der Waals surface area contributed by atoms with Crippen LogP contribution in [-0.2, 0) is 24.3 Å². The first kappa shape index (κ1) is 21.4. The molecule has 0 aliphatic heterocycles. The molecule has 0 atom stereocenters. The van der Waals surface area contributed by atoms with Gasteiger partial charge in [0.1, 0.15) is 6.54 Å². The maximum Gasteiger partial charge on any atom is 0.321 e. The van der Waals surface area contributed by atoms with Gasteiger partial charge in [-0.25, -0.2) is 8.42 Å². The van der Waals surface area contributed by atoms with Crippen LogP contribution < -0.4 is 10.0 Å². The van der Waals surface area contributed by atoms with Crippen LogP contribution in [-0.4, -0.2) is 33.4 Å². The van der Waals surface area contributed by atoms with E-state index < -0.39 is 35.1 Å². The maximum atomic E-state index is 12.1. The zero-order chi connectivity index (χ0) is 20.0. The van der Waals surface area contributed by atoms with Crippen molar-refractivity contribution in [3.63, 3.8) is 0 Å². The van der Waals surface area contributed by atoms with Crippen LogP contribution in [0.5, 0.6) is 0 Å². The molecule has 27 heavy (non-hydrogen) atoms. The van der Waals surface area contributed by atoms with Crippen molar-refractivity contribution in [2.75, 3.05) is 18.5 Å². The van der Waals surface area contributed by atoms with Crippen molar-refractivity contribution in [3.8, 4) is 0 Å². The summed E-state index contributed by atoms with van der Waals surface area (Å²) in [6.45, 7) is 0.586. The molecule has 0 spiro atoms. The number of halogens is 2. The normalized spacial score (nSPS) is 11.1. The van der Waals surface area contributed by atoms with Crippen LogP contribution in [0.15, 0.2) is 51.8 Å². The number of amides is 1. The zero-order valence-electron chi connectivity index (χ0n) is 14.2. The third kappa shape index (κ3) is 6.31. The molecule has 0 saturated heterocycles. The third-order valence-corrected chi connectivity index (χ3v) is 5.72. The molecule has 2 aromatic rings. The van der Waals surface area contributed by atoms with E-state index in [1.54, 1.807) is 37.3 Å². The molecule has 0 aliphatic carbocycles. The second-order valence-electron chi connectivity index (χ2n) is 5.40. The highest BCUT2D eigenvalue weighted by molar-refractivity contribution is 9.10. The van der Waals surface area contributed by atoms with Gasteiger partial charge in [-0.2, -0.15) is 4.72 Å². The van der Waals surface area contributed by atoms with Gasteiger partial charge in [0.15, 0.2) is 6.61 Å². The van der Waals surface area contributed by atoms with Crippen molar-refractivity contribution < 1.29 is 22.7 Å². The molecular formula is C17H16BrClN2O5S. The molecule has 10 heteroatoms. The first-order valence-electron chi connectivity index (χ1n) is 7.65. The molecule has 1 amide bonds. The maximum absolute atomic E-state index is 12.1. The summed E-state index contributed by atoms with van der Waals surface area (Å²) in [5, 5.41) is 3.06. The Bertz CT molecular complexity index is 966. The Balaban J connectivity index is 1.84. The van der Waals surface area contributed by atoms with Gasteiger partial charge in [-0.05, 0) is 42.8 Å². The lowest BCUT2D eigenvalue weighted by Crippen LogP contribution is -2.32. The van der Waals surface area contributed by atoms with Gasteiger partial charge in [0, 0.05) is 15.2 Å². The summed E-state index contributed by atoms with van der Waals surface area (Å²) < 4.78 is 31.7. The van der Waals surface area contributed by atoms with Crippen molar-refractivity contribution in [2.24, 2.45) is 0 Å². The fourth-order valence-corrected chi connectivity index (χ4v) is 3.74. The van der Waals surface area contributed by atoms with Gasteiger partial charge < -0.3 is 10.1 Å². The van der Waals surface area contributed by atoms with Gasteiger partial charge in [-0.3, -0.25) is 9.59 Å². The minimum absolute atomic E-state index is 0.00107. The molecule has 0 bridgehead atoms. The standard InChI is InChI=1S/C17H16BrClN2O5S/c1-11-14(19)6-3-7-15(11)21-16(22)10-26-17(23)9-20-27(24,25)13-5-2-4-12(18)8-13/h2-8,20H,9-10H2,1H3,(H,21,22). The monoisotopic (exact) mass is 474 g/mol. The summed E-state index contributed by atoms with van der Waals surface area (Å²) in [5.41, 5.74) is 1.18. The minimum atomic E-state index is -3.87. The van der Waals surface area contributed by atoms with Crippen molar-refractivity contribution in [1.29, 1.82) is 0 Å². The number of carbonyl (C=O) groups excluding carboxylic acids is 2. The van der Waals surface area contributed by atoms with Gasteiger partial charge >= 0.3 is 5.97 Å². The van der Waals surface area contributed by atoms with Gasteiger partial charge in [0.05, 0.1) is 4.90 Å². The van der Waals surface area contributed by atoms with Gasteiger partial charge in [-0.1, -0.05) is 39.7 Å². The summed E-state index contributed by atoms with van der Waals surface area (Å²) in [7, 11) is -3.87. The minimum Gasteiger partial charge on any atom is -0.455 e. The average molecular weight is 476 g/mol. The average Bonchev–Trinajstić information content (AvgIpc) is 2.62. The van der Waals surface area contributed by atoms with E-state index in [2.05, 4.69) is 26.0 Å². The van der Waals surface area contributed by atoms with E-state index in [1.807, 2.05) is 0 Å². The van der Waals surface area contributed by atoms with Crippen LogP contribution in [0.1, 0.15) is 5.56 Å². The second-order valence-corrected chi connectivity index (χ2v) is 8.49. The predicted octanol–water partition coefficient (Wildman–Crippen LogP) is 2.87. The number of sulfonamides is 1. The molecule has 2 N–H and O–H groups in total. The Morgan fingerprint density at radius 2 is 1.89 bits per heavy atom. The van der Waals surface area contributed by atoms with Gasteiger partial charge in [0.2, 0.25) is 10.0 Å². The number of ether oxygens (including phenoxy) is 1. The number of rotatable bonds is 7. The number of nitrogens with one attached hydrogen (secondary N) is 2. The summed E-state index contributed by atoms with van der Waals surface area (Å²) in [5.74, 6) is -1.45. The van der Waals surface area contributed by atoms with Gasteiger partial charge in [-0.15, -0.1) is 0 Å². The van der Waals surface area contributed by atoms with E-state index in [4.69, 9.17) is 16.3 Å². The number of benzene rings is 2. The van der Waals surface area contributed by atoms with Crippen molar-refractivity contribution >= 4 is 55.1 Å². The van der Waals surface area contributed by atoms with Crippen LogP contribution in [0.3, 0.4) is 0 Å². The molecule has 0 saturated carbocycles. The lowest BCUT2D eigenvalue weighted by Gasteiger charge is -2.10. The summed E-state index contributed by atoms with van der Waals surface area (Å²) in [6.07, 6.45) is 0. The number of hydrogen-bond acceptors (Lipinski definition) is 5. The highest BCUT2D eigenvalue weighted by Crippen LogP contribution is 2.22. The number of esters is 1. The van der Waals surface area contributed by atoms with Crippen LogP contribution in [0.2, 0.25) is 5.02 Å². The molecule has 0 fully saturated rings. The zero-order valence-corrected chi connectivity index (χ0v) is 17.3. The first-order chi connectivity index (χ1) is 12.7. The smallest absolute Gasteiger partial charge is 0.321 e. The topological polar surface area (TPSA) is 102 Å². The molecule has 0 aromatic heterocycles. The van der Waals surface area contributed by atoms with E-state index in [-0.39, 0.29) is 4.90 Å². The summed E-state index contributed by atoms with van der Waals surface area (Å²) in [4.78, 5) is 23.6. The second kappa shape index (κ2) is 9.32. The highest BCUT2D eigenvalue weighted by Gasteiger charge is 2.17. The Labute approximate surface area is 170 Å². The lowest BCUT2D eigenvalue weighted by atomic mass is 10.2. The number of carbonyl (C=O) groups is 2. The third-order valence-electron chi connectivity index (χ3n) is 3.42. The van der Waals surface area contributed by atoms with E-state index >= 15 is 0 Å². The fraction of sp³-hybridized carbons (Fsp3) is 0.176.